The first-order valence-corrected chi connectivity index (χ1v) is 7.04. The van der Waals surface area contributed by atoms with Gasteiger partial charge in [0.1, 0.15) is 0 Å². The molecule has 0 unspecified atom stereocenters. The molecule has 104 valence electrons. The molecule has 0 aromatic heterocycles. The third-order valence-electron chi connectivity index (χ3n) is 3.25. The van der Waals surface area contributed by atoms with Crippen LogP contribution in [0.3, 0.4) is 0 Å². The average molecular weight is 268 g/mol. The van der Waals surface area contributed by atoms with E-state index in [4.69, 9.17) is 4.74 Å². The summed E-state index contributed by atoms with van der Waals surface area (Å²) in [7, 11) is 0. The number of carbonyl (C=O) groups is 1. The van der Waals surface area contributed by atoms with Gasteiger partial charge in [0, 0.05) is 6.92 Å². The number of hydrogen-bond acceptors (Lipinski definition) is 2. The summed E-state index contributed by atoms with van der Waals surface area (Å²) in [6, 6.07) is 18.9. The Labute approximate surface area is 120 Å². The van der Waals surface area contributed by atoms with Gasteiger partial charge < -0.3 is 4.74 Å². The van der Waals surface area contributed by atoms with Crippen molar-refractivity contribution in [1.82, 2.24) is 0 Å². The lowest BCUT2D eigenvalue weighted by atomic mass is 9.96. The summed E-state index contributed by atoms with van der Waals surface area (Å²) >= 11 is 0. The Morgan fingerprint density at radius 1 is 0.950 bits per heavy atom. The Morgan fingerprint density at radius 2 is 1.65 bits per heavy atom. The van der Waals surface area contributed by atoms with Crippen LogP contribution in [0.2, 0.25) is 0 Å². The Morgan fingerprint density at radius 3 is 2.40 bits per heavy atom. The fourth-order valence-corrected chi connectivity index (χ4v) is 2.27. The SMILES string of the molecule is CC(=O)OCCCCc1ccccc1-c1ccccc1. The van der Waals surface area contributed by atoms with E-state index in [2.05, 4.69) is 48.5 Å². The van der Waals surface area contributed by atoms with Gasteiger partial charge in [-0.2, -0.15) is 0 Å². The van der Waals surface area contributed by atoms with Gasteiger partial charge in [-0.05, 0) is 36.0 Å². The first-order chi connectivity index (χ1) is 9.77. The van der Waals surface area contributed by atoms with Crippen molar-refractivity contribution in [2.45, 2.75) is 26.2 Å². The molecule has 0 fully saturated rings. The molecule has 2 rings (SSSR count). The van der Waals surface area contributed by atoms with Crippen molar-refractivity contribution in [2.24, 2.45) is 0 Å². The molecule has 0 saturated carbocycles. The summed E-state index contributed by atoms with van der Waals surface area (Å²) < 4.78 is 4.96. The van der Waals surface area contributed by atoms with Crippen LogP contribution in [0.25, 0.3) is 11.1 Å². The summed E-state index contributed by atoms with van der Waals surface area (Å²) in [5, 5.41) is 0. The van der Waals surface area contributed by atoms with Crippen LogP contribution in [-0.4, -0.2) is 12.6 Å². The van der Waals surface area contributed by atoms with Crippen molar-refractivity contribution in [2.75, 3.05) is 6.61 Å². The Hall–Kier alpha value is -2.09. The summed E-state index contributed by atoms with van der Waals surface area (Å²) in [5.74, 6) is -0.199. The molecule has 0 aliphatic rings. The van der Waals surface area contributed by atoms with E-state index in [1.807, 2.05) is 6.07 Å². The fourth-order valence-electron chi connectivity index (χ4n) is 2.27. The number of carbonyl (C=O) groups excluding carboxylic acids is 1. The standard InChI is InChI=1S/C18H20O2/c1-15(19)20-14-8-7-12-17-11-5-6-13-18(17)16-9-3-2-4-10-16/h2-6,9-11,13H,7-8,12,14H2,1H3. The van der Waals surface area contributed by atoms with E-state index in [1.165, 1.54) is 23.6 Å². The Balaban J connectivity index is 1.97. The van der Waals surface area contributed by atoms with E-state index in [-0.39, 0.29) is 5.97 Å². The number of ether oxygens (including phenoxy) is 1. The van der Waals surface area contributed by atoms with E-state index in [1.54, 1.807) is 0 Å². The van der Waals surface area contributed by atoms with Crippen LogP contribution in [0, 0.1) is 0 Å². The topological polar surface area (TPSA) is 26.3 Å². The minimum atomic E-state index is -0.199. The summed E-state index contributed by atoms with van der Waals surface area (Å²) in [4.78, 5) is 10.7. The van der Waals surface area contributed by atoms with E-state index < -0.39 is 0 Å². The predicted octanol–water partition coefficient (Wildman–Crippen LogP) is 4.24. The predicted molar refractivity (Wildman–Crippen MR) is 81.4 cm³/mol. The normalized spacial score (nSPS) is 10.2. The van der Waals surface area contributed by atoms with Gasteiger partial charge in [0.2, 0.25) is 0 Å². The van der Waals surface area contributed by atoms with Crippen molar-refractivity contribution in [1.29, 1.82) is 0 Å². The molecule has 2 nitrogen and oxygen atoms in total. The van der Waals surface area contributed by atoms with E-state index in [0.29, 0.717) is 6.61 Å². The quantitative estimate of drug-likeness (QED) is 0.578. The van der Waals surface area contributed by atoms with Gasteiger partial charge in [0.25, 0.3) is 0 Å². The van der Waals surface area contributed by atoms with Crippen molar-refractivity contribution >= 4 is 5.97 Å². The highest BCUT2D eigenvalue weighted by Gasteiger charge is 2.04. The zero-order valence-corrected chi connectivity index (χ0v) is 11.8. The molecule has 0 amide bonds. The molecule has 0 spiro atoms. The molecule has 0 bridgehead atoms. The highest BCUT2D eigenvalue weighted by molar-refractivity contribution is 5.67. The van der Waals surface area contributed by atoms with Gasteiger partial charge in [0.05, 0.1) is 6.61 Å². The minimum Gasteiger partial charge on any atom is -0.466 e. The highest BCUT2D eigenvalue weighted by Crippen LogP contribution is 2.24. The van der Waals surface area contributed by atoms with Crippen LogP contribution in [0.15, 0.2) is 54.6 Å². The third kappa shape index (κ3) is 4.23. The van der Waals surface area contributed by atoms with Gasteiger partial charge >= 0.3 is 5.97 Å². The largest absolute Gasteiger partial charge is 0.466 e. The second kappa shape index (κ2) is 7.49. The second-order valence-electron chi connectivity index (χ2n) is 4.82. The molecule has 0 N–H and O–H groups in total. The Bertz CT molecular complexity index is 546. The van der Waals surface area contributed by atoms with Crippen LogP contribution in [0.1, 0.15) is 25.3 Å². The van der Waals surface area contributed by atoms with E-state index >= 15 is 0 Å². The van der Waals surface area contributed by atoms with E-state index in [0.717, 1.165) is 19.3 Å². The van der Waals surface area contributed by atoms with Gasteiger partial charge in [-0.1, -0.05) is 54.6 Å². The van der Waals surface area contributed by atoms with Gasteiger partial charge in [-0.15, -0.1) is 0 Å². The lowest BCUT2D eigenvalue weighted by molar-refractivity contribution is -0.141. The molecule has 0 saturated heterocycles. The third-order valence-corrected chi connectivity index (χ3v) is 3.25. The van der Waals surface area contributed by atoms with E-state index in [9.17, 15) is 4.79 Å². The number of esters is 1. The van der Waals surface area contributed by atoms with Crippen LogP contribution in [0.5, 0.6) is 0 Å². The maximum Gasteiger partial charge on any atom is 0.302 e. The number of unbranched alkanes of at least 4 members (excludes halogenated alkanes) is 1. The van der Waals surface area contributed by atoms with Crippen LogP contribution < -0.4 is 0 Å². The smallest absolute Gasteiger partial charge is 0.302 e. The molecule has 2 aromatic rings. The van der Waals surface area contributed by atoms with Gasteiger partial charge in [-0.3, -0.25) is 4.79 Å². The number of aryl methyl sites for hydroxylation is 1. The molecular formula is C18H20O2. The molecule has 0 heterocycles. The monoisotopic (exact) mass is 268 g/mol. The molecule has 0 aliphatic heterocycles. The lowest BCUT2D eigenvalue weighted by Gasteiger charge is -2.09. The van der Waals surface area contributed by atoms with Crippen LogP contribution in [-0.2, 0) is 16.0 Å². The van der Waals surface area contributed by atoms with Crippen molar-refractivity contribution in [3.8, 4) is 11.1 Å². The number of rotatable bonds is 6. The highest BCUT2D eigenvalue weighted by atomic mass is 16.5. The average Bonchev–Trinajstić information content (AvgIpc) is 2.48. The van der Waals surface area contributed by atoms with Crippen LogP contribution in [0.4, 0.5) is 0 Å². The molecular weight excluding hydrogens is 248 g/mol. The first kappa shape index (κ1) is 14.3. The first-order valence-electron chi connectivity index (χ1n) is 7.04. The number of benzene rings is 2. The molecule has 2 aromatic carbocycles. The molecule has 2 heteroatoms. The Kier molecular flexibility index (Phi) is 5.36. The summed E-state index contributed by atoms with van der Waals surface area (Å²) in [5.41, 5.74) is 3.89. The molecule has 0 atom stereocenters. The van der Waals surface area contributed by atoms with Crippen LogP contribution >= 0.6 is 0 Å². The minimum absolute atomic E-state index is 0.199. The maximum absolute atomic E-state index is 10.7. The molecule has 0 radical (unpaired) electrons. The van der Waals surface area contributed by atoms with Crippen molar-refractivity contribution in [3.63, 3.8) is 0 Å². The van der Waals surface area contributed by atoms with Crippen molar-refractivity contribution < 1.29 is 9.53 Å². The van der Waals surface area contributed by atoms with Gasteiger partial charge in [0.15, 0.2) is 0 Å². The summed E-state index contributed by atoms with van der Waals surface area (Å²) in [6.45, 7) is 1.97. The van der Waals surface area contributed by atoms with Gasteiger partial charge in [-0.25, -0.2) is 0 Å². The summed E-state index contributed by atoms with van der Waals surface area (Å²) in [6.07, 6.45) is 2.94. The zero-order valence-electron chi connectivity index (χ0n) is 11.8. The maximum atomic E-state index is 10.7. The second-order valence-corrected chi connectivity index (χ2v) is 4.82. The molecule has 0 aliphatic carbocycles. The lowest BCUT2D eigenvalue weighted by Crippen LogP contribution is -2.01. The number of hydrogen-bond donors (Lipinski definition) is 0. The van der Waals surface area contributed by atoms with Crippen molar-refractivity contribution in [3.05, 3.63) is 60.2 Å². The fraction of sp³-hybridized carbons (Fsp3) is 0.278. The molecule has 20 heavy (non-hydrogen) atoms. The zero-order chi connectivity index (χ0) is 14.2.